The van der Waals surface area contributed by atoms with Gasteiger partial charge in [0.15, 0.2) is 0 Å². The van der Waals surface area contributed by atoms with Gasteiger partial charge in [0, 0.05) is 6.07 Å². The van der Waals surface area contributed by atoms with E-state index in [1.807, 2.05) is 4.81 Å². The van der Waals surface area contributed by atoms with E-state index in [1.54, 1.807) is 6.82 Å². The number of piperidine rings is 1. The van der Waals surface area contributed by atoms with Crippen molar-refractivity contribution in [2.75, 3.05) is 13.1 Å². The van der Waals surface area contributed by atoms with Crippen molar-refractivity contribution in [1.82, 2.24) is 4.81 Å². The highest BCUT2D eigenvalue weighted by molar-refractivity contribution is 7.12. The van der Waals surface area contributed by atoms with Crippen molar-refractivity contribution >= 4 is 18.4 Å². The number of nitrogens with zero attached hydrogens (tertiary/aromatic N) is 1. The first-order valence-corrected chi connectivity index (χ1v) is 7.52. The van der Waals surface area contributed by atoms with Crippen LogP contribution in [0.15, 0.2) is 6.07 Å². The maximum atomic E-state index is 12.7. The molecule has 1 fully saturated rings. The van der Waals surface area contributed by atoms with E-state index >= 15 is 0 Å². The number of rotatable bonds is 4. The monoisotopic (exact) mass is 323 g/mol. The first-order chi connectivity index (χ1) is 9.81. The lowest BCUT2D eigenvalue weighted by Crippen LogP contribution is -2.45. The summed E-state index contributed by atoms with van der Waals surface area (Å²) in [6.45, 7) is 2.47. The summed E-state index contributed by atoms with van der Waals surface area (Å²) in [7, 11) is -0.531. The number of alkyl halides is 3. The van der Waals surface area contributed by atoms with Crippen LogP contribution in [0, 0.1) is 0 Å². The number of aliphatic hydroxyl groups is 1. The van der Waals surface area contributed by atoms with Crippen LogP contribution in [0.3, 0.4) is 0 Å². The highest BCUT2D eigenvalue weighted by Gasteiger charge is 2.35. The molecule has 9 heteroatoms. The third-order valence-corrected chi connectivity index (χ3v) is 4.64. The van der Waals surface area contributed by atoms with Crippen LogP contribution in [-0.4, -0.2) is 41.2 Å². The minimum atomic E-state index is -4.42. The summed E-state index contributed by atoms with van der Waals surface area (Å²) < 4.78 is 43.6. The molecule has 0 saturated carbocycles. The molecule has 0 amide bonds. The molecule has 4 nitrogen and oxygen atoms in total. The Morgan fingerprint density at radius 2 is 2.05 bits per heavy atom. The van der Waals surface area contributed by atoms with Gasteiger partial charge in [-0.25, -0.2) is 0 Å². The van der Waals surface area contributed by atoms with Crippen LogP contribution in [0.25, 0.3) is 0 Å². The molecule has 0 bridgehead atoms. The number of hydrogen-bond acceptors (Lipinski definition) is 5. The molecule has 0 spiro atoms. The molecule has 0 atom stereocenters. The van der Waals surface area contributed by atoms with Crippen LogP contribution < -0.4 is 4.74 Å². The standard InChI is InChI=1S/C12H17BF3NO3S/c1-13(19)17-4-2-8(3-5-17)20-9-6-11(12(14,15)16)21-10(9)7-18/h6,8,18-19H,2-5,7H2,1H3. The van der Waals surface area contributed by atoms with Gasteiger partial charge in [0.1, 0.15) is 16.7 Å². The molecule has 2 heterocycles. The van der Waals surface area contributed by atoms with Gasteiger partial charge in [-0.2, -0.15) is 13.2 Å². The molecule has 0 aromatic carbocycles. The van der Waals surface area contributed by atoms with Gasteiger partial charge < -0.3 is 19.7 Å². The predicted octanol–water partition coefficient (Wildman–Crippen LogP) is 2.21. The second-order valence-electron chi connectivity index (χ2n) is 5.04. The normalized spacial score (nSPS) is 18.0. The third-order valence-electron chi connectivity index (χ3n) is 3.49. The Morgan fingerprint density at radius 3 is 2.52 bits per heavy atom. The fourth-order valence-corrected chi connectivity index (χ4v) is 3.13. The Morgan fingerprint density at radius 1 is 1.43 bits per heavy atom. The van der Waals surface area contributed by atoms with E-state index in [-0.39, 0.29) is 16.7 Å². The summed E-state index contributed by atoms with van der Waals surface area (Å²) in [6, 6.07) is 0.956. The van der Waals surface area contributed by atoms with E-state index in [0.717, 1.165) is 6.07 Å². The van der Waals surface area contributed by atoms with Crippen molar-refractivity contribution < 1.29 is 28.0 Å². The first-order valence-electron chi connectivity index (χ1n) is 6.70. The molecule has 0 radical (unpaired) electrons. The van der Waals surface area contributed by atoms with Crippen LogP contribution in [0.4, 0.5) is 13.2 Å². The van der Waals surface area contributed by atoms with Crippen molar-refractivity contribution in [3.63, 3.8) is 0 Å². The number of thiophene rings is 1. The molecule has 0 unspecified atom stereocenters. The fraction of sp³-hybridized carbons (Fsp3) is 0.667. The summed E-state index contributed by atoms with van der Waals surface area (Å²) in [5.41, 5.74) is 0. The second kappa shape index (κ2) is 6.56. The lowest BCUT2D eigenvalue weighted by Gasteiger charge is -2.32. The van der Waals surface area contributed by atoms with Gasteiger partial charge in [0.2, 0.25) is 0 Å². The Balaban J connectivity index is 2.02. The Bertz CT molecular complexity index is 473. The molecule has 118 valence electrons. The average molecular weight is 323 g/mol. The minimum Gasteiger partial charge on any atom is -0.489 e. The van der Waals surface area contributed by atoms with Crippen molar-refractivity contribution in [1.29, 1.82) is 0 Å². The molecule has 2 N–H and O–H groups in total. The second-order valence-corrected chi connectivity index (χ2v) is 6.18. The maximum absolute atomic E-state index is 12.7. The first kappa shape index (κ1) is 16.6. The van der Waals surface area contributed by atoms with Crippen molar-refractivity contribution in [3.05, 3.63) is 15.8 Å². The van der Waals surface area contributed by atoms with E-state index < -0.39 is 24.7 Å². The quantitative estimate of drug-likeness (QED) is 0.834. The SMILES string of the molecule is CB(O)N1CCC(Oc2cc(C(F)(F)F)sc2CO)CC1. The largest absolute Gasteiger partial charge is 0.489 e. The summed E-state index contributed by atoms with van der Waals surface area (Å²) in [5.74, 6) is 0.116. The van der Waals surface area contributed by atoms with Gasteiger partial charge in [-0.05, 0) is 32.8 Å². The van der Waals surface area contributed by atoms with Gasteiger partial charge >= 0.3 is 13.2 Å². The summed E-state index contributed by atoms with van der Waals surface area (Å²) in [5, 5.41) is 18.6. The maximum Gasteiger partial charge on any atom is 0.425 e. The van der Waals surface area contributed by atoms with Crippen LogP contribution in [-0.2, 0) is 12.8 Å². The van der Waals surface area contributed by atoms with Crippen LogP contribution >= 0.6 is 11.3 Å². The van der Waals surface area contributed by atoms with Crippen molar-refractivity contribution in [2.24, 2.45) is 0 Å². The van der Waals surface area contributed by atoms with E-state index in [9.17, 15) is 18.2 Å². The van der Waals surface area contributed by atoms with Crippen molar-refractivity contribution in [3.8, 4) is 5.75 Å². The highest BCUT2D eigenvalue weighted by Crippen LogP contribution is 2.40. The van der Waals surface area contributed by atoms with E-state index in [1.165, 1.54) is 0 Å². The lowest BCUT2D eigenvalue weighted by molar-refractivity contribution is -0.134. The molecular formula is C12H17BF3NO3S. The van der Waals surface area contributed by atoms with E-state index in [2.05, 4.69) is 0 Å². The lowest BCUT2D eigenvalue weighted by atomic mass is 9.82. The summed E-state index contributed by atoms with van der Waals surface area (Å²) >= 11 is 0.510. The topological polar surface area (TPSA) is 52.9 Å². The van der Waals surface area contributed by atoms with Crippen LogP contribution in [0.1, 0.15) is 22.6 Å². The molecule has 0 aliphatic carbocycles. The molecule has 1 aliphatic heterocycles. The average Bonchev–Trinajstić information content (AvgIpc) is 2.82. The zero-order chi connectivity index (χ0) is 15.6. The van der Waals surface area contributed by atoms with Crippen LogP contribution in [0.5, 0.6) is 5.75 Å². The summed E-state index contributed by atoms with van der Waals surface area (Å²) in [4.78, 5) is 1.31. The molecule has 1 aromatic heterocycles. The van der Waals surface area contributed by atoms with Gasteiger partial charge in [0.25, 0.3) is 0 Å². The predicted molar refractivity (Wildman–Crippen MR) is 74.3 cm³/mol. The molecule has 1 aliphatic rings. The number of halogens is 3. The molecule has 1 saturated heterocycles. The molecule has 21 heavy (non-hydrogen) atoms. The van der Waals surface area contributed by atoms with Gasteiger partial charge in [0.05, 0.1) is 11.5 Å². The highest BCUT2D eigenvalue weighted by atomic mass is 32.1. The van der Waals surface area contributed by atoms with E-state index in [0.29, 0.717) is 37.3 Å². The Labute approximate surface area is 125 Å². The van der Waals surface area contributed by atoms with Gasteiger partial charge in [-0.3, -0.25) is 0 Å². The zero-order valence-corrected chi connectivity index (χ0v) is 12.4. The van der Waals surface area contributed by atoms with Crippen molar-refractivity contribution in [2.45, 2.75) is 38.6 Å². The zero-order valence-electron chi connectivity index (χ0n) is 11.6. The van der Waals surface area contributed by atoms with Gasteiger partial charge in [-0.15, -0.1) is 11.3 Å². The Hall–Kier alpha value is -0.765. The number of ether oxygens (including phenoxy) is 1. The molecule has 1 aromatic rings. The number of aliphatic hydroxyl groups excluding tert-OH is 1. The molecule has 2 rings (SSSR count). The van der Waals surface area contributed by atoms with E-state index in [4.69, 9.17) is 9.84 Å². The van der Waals surface area contributed by atoms with Gasteiger partial charge in [-0.1, -0.05) is 0 Å². The fourth-order valence-electron chi connectivity index (χ4n) is 2.31. The Kier molecular flexibility index (Phi) is 5.18. The summed E-state index contributed by atoms with van der Waals surface area (Å²) in [6.07, 6.45) is -3.35. The van der Waals surface area contributed by atoms with Crippen LogP contribution in [0.2, 0.25) is 6.82 Å². The smallest absolute Gasteiger partial charge is 0.425 e. The molecular weight excluding hydrogens is 306 g/mol. The third kappa shape index (κ3) is 4.12. The minimum absolute atomic E-state index is 0.116. The number of hydrogen-bond donors (Lipinski definition) is 2.